The van der Waals surface area contributed by atoms with E-state index in [1.807, 2.05) is 12.1 Å². The Morgan fingerprint density at radius 1 is 0.788 bits per heavy atom. The van der Waals surface area contributed by atoms with Gasteiger partial charge in [-0.2, -0.15) is 8.42 Å². The minimum Gasteiger partial charge on any atom is -0.871 e. The maximum absolute atomic E-state index is 11.8. The van der Waals surface area contributed by atoms with Crippen molar-refractivity contribution in [3.63, 3.8) is 0 Å². The van der Waals surface area contributed by atoms with Gasteiger partial charge in [-0.05, 0) is 36.6 Å². The summed E-state index contributed by atoms with van der Waals surface area (Å²) >= 11 is 0. The molecule has 33 heavy (non-hydrogen) atoms. The quantitative estimate of drug-likeness (QED) is 0.213. The molecule has 0 unspecified atom stereocenters. The van der Waals surface area contributed by atoms with Gasteiger partial charge in [0.1, 0.15) is 16.4 Å². The second-order valence-corrected chi connectivity index (χ2v) is 9.80. The molecule has 0 aliphatic rings. The number of unbranched alkanes of at least 4 members (excludes halogenated alkanes) is 11. The molecule has 0 amide bonds. The molecule has 0 bridgehead atoms. The fourth-order valence-corrected chi connectivity index (χ4v) is 4.54. The van der Waals surface area contributed by atoms with E-state index in [0.29, 0.717) is 5.75 Å². The van der Waals surface area contributed by atoms with Crippen molar-refractivity contribution in [1.82, 2.24) is 0 Å². The van der Waals surface area contributed by atoms with Crippen LogP contribution >= 0.6 is 0 Å². The Morgan fingerprint density at radius 2 is 1.30 bits per heavy atom. The third-order valence-corrected chi connectivity index (χ3v) is 6.59. The fraction of sp³-hybridized carbons (Fsp3) is 0.538. The number of hydrogen-bond acceptors (Lipinski definition) is 4. The zero-order valence-electron chi connectivity index (χ0n) is 20.2. The predicted molar refractivity (Wildman–Crippen MR) is 127 cm³/mol. The molecule has 7 heteroatoms. The molecule has 0 aromatic heterocycles. The first-order valence-corrected chi connectivity index (χ1v) is 13.4. The van der Waals surface area contributed by atoms with Crippen LogP contribution in [0.3, 0.4) is 0 Å². The molecular formula is C26H37KO5S. The Hall–Kier alpha value is -0.414. The summed E-state index contributed by atoms with van der Waals surface area (Å²) in [5.74, 6) is -0.554. The molecule has 0 saturated carbocycles. The average Bonchev–Trinajstić information content (AvgIpc) is 2.75. The molecule has 178 valence electrons. The molecule has 0 aliphatic heterocycles. The zero-order chi connectivity index (χ0) is 23.2. The van der Waals surface area contributed by atoms with Crippen molar-refractivity contribution in [2.75, 3.05) is 0 Å². The van der Waals surface area contributed by atoms with Crippen molar-refractivity contribution in [3.8, 4) is 17.2 Å². The van der Waals surface area contributed by atoms with E-state index >= 15 is 0 Å². The standard InChI is InChI=1S/C26H38O5S.K/c1-2-3-4-5-6-7-8-9-10-11-12-13-15-22-18-20-23(21-19-22)31-25-17-14-16-24(27)26(25)32(28,29)30;/h14,16-21,27H,2-13,15H2,1H3,(H,28,29,30);/q;+1/p-1. The maximum Gasteiger partial charge on any atom is 1.00 e. The summed E-state index contributed by atoms with van der Waals surface area (Å²) in [6, 6.07) is 11.2. The van der Waals surface area contributed by atoms with Crippen LogP contribution < -0.4 is 61.2 Å². The molecule has 0 saturated heterocycles. The Bertz CT molecular complexity index is 897. The molecule has 0 radical (unpaired) electrons. The summed E-state index contributed by atoms with van der Waals surface area (Å²) in [5.41, 5.74) is 1.19. The van der Waals surface area contributed by atoms with Crippen LogP contribution in [-0.4, -0.2) is 13.0 Å². The number of hydrogen-bond donors (Lipinski definition) is 1. The summed E-state index contributed by atoms with van der Waals surface area (Å²) in [7, 11) is -4.66. The molecule has 5 nitrogen and oxygen atoms in total. The smallest absolute Gasteiger partial charge is 0.871 e. The second-order valence-electron chi connectivity index (χ2n) is 8.44. The van der Waals surface area contributed by atoms with Gasteiger partial charge in [0.05, 0.1) is 0 Å². The molecule has 2 aromatic carbocycles. The third-order valence-electron chi connectivity index (χ3n) is 5.67. The van der Waals surface area contributed by atoms with Gasteiger partial charge in [0.25, 0.3) is 10.1 Å². The Morgan fingerprint density at radius 3 is 1.82 bits per heavy atom. The van der Waals surface area contributed by atoms with Crippen molar-refractivity contribution in [2.24, 2.45) is 0 Å². The van der Waals surface area contributed by atoms with E-state index in [2.05, 4.69) is 6.92 Å². The van der Waals surface area contributed by atoms with E-state index in [9.17, 15) is 18.1 Å². The zero-order valence-corrected chi connectivity index (χ0v) is 24.2. The summed E-state index contributed by atoms with van der Waals surface area (Å²) in [6.07, 6.45) is 16.9. The van der Waals surface area contributed by atoms with Crippen LogP contribution in [0.25, 0.3) is 0 Å². The van der Waals surface area contributed by atoms with E-state index in [1.165, 1.54) is 88.3 Å². The van der Waals surface area contributed by atoms with Gasteiger partial charge in [0.15, 0.2) is 0 Å². The Kier molecular flexibility index (Phi) is 15.9. The first-order chi connectivity index (χ1) is 15.4. The molecule has 0 spiro atoms. The van der Waals surface area contributed by atoms with Gasteiger partial charge >= 0.3 is 51.4 Å². The van der Waals surface area contributed by atoms with Gasteiger partial charge in [0, 0.05) is 0 Å². The second kappa shape index (κ2) is 17.1. The molecule has 2 rings (SSSR count). The van der Waals surface area contributed by atoms with Crippen LogP contribution in [0.5, 0.6) is 17.2 Å². The minimum atomic E-state index is -4.66. The van der Waals surface area contributed by atoms with Crippen molar-refractivity contribution in [3.05, 3.63) is 48.0 Å². The van der Waals surface area contributed by atoms with Gasteiger partial charge in [-0.15, -0.1) is 0 Å². The van der Waals surface area contributed by atoms with E-state index in [1.54, 1.807) is 12.1 Å². The van der Waals surface area contributed by atoms with Gasteiger partial charge in [0.2, 0.25) is 0 Å². The largest absolute Gasteiger partial charge is 1.00 e. The SMILES string of the molecule is CCCCCCCCCCCCCCc1ccc(Oc2cccc([O-])c2S(=O)(=O)O)cc1.[K+]. The van der Waals surface area contributed by atoms with E-state index < -0.39 is 20.8 Å². The summed E-state index contributed by atoms with van der Waals surface area (Å²) in [6.45, 7) is 2.25. The number of rotatable bonds is 16. The van der Waals surface area contributed by atoms with Crippen molar-refractivity contribution < 1.29 is 74.2 Å². The Balaban J connectivity index is 0.00000544. The summed E-state index contributed by atoms with van der Waals surface area (Å²) in [4.78, 5) is -0.736. The minimum absolute atomic E-state index is 0. The van der Waals surface area contributed by atoms with Gasteiger partial charge < -0.3 is 9.84 Å². The van der Waals surface area contributed by atoms with Crippen LogP contribution in [0.4, 0.5) is 0 Å². The van der Waals surface area contributed by atoms with Gasteiger partial charge in [-0.1, -0.05) is 108 Å². The van der Waals surface area contributed by atoms with Crippen molar-refractivity contribution >= 4 is 10.1 Å². The molecule has 0 heterocycles. The van der Waals surface area contributed by atoms with E-state index in [4.69, 9.17) is 4.74 Å². The van der Waals surface area contributed by atoms with Crippen LogP contribution in [-0.2, 0) is 16.5 Å². The number of benzene rings is 2. The summed E-state index contributed by atoms with van der Waals surface area (Å²) < 4.78 is 37.8. The average molecular weight is 501 g/mol. The first-order valence-electron chi connectivity index (χ1n) is 12.0. The fourth-order valence-electron chi connectivity index (χ4n) is 3.85. The van der Waals surface area contributed by atoms with E-state index in [-0.39, 0.29) is 57.1 Å². The predicted octanol–water partition coefficient (Wildman–Crippen LogP) is 4.05. The van der Waals surface area contributed by atoms with Crippen LogP contribution in [0.15, 0.2) is 47.4 Å². The molecule has 1 N–H and O–H groups in total. The maximum atomic E-state index is 11.8. The first kappa shape index (κ1) is 30.6. The number of aryl methyl sites for hydroxylation is 1. The summed E-state index contributed by atoms with van der Waals surface area (Å²) in [5, 5.41) is 11.8. The van der Waals surface area contributed by atoms with Crippen LogP contribution in [0.2, 0.25) is 0 Å². The molecule has 0 aliphatic carbocycles. The normalized spacial score (nSPS) is 11.2. The molecule has 0 fully saturated rings. The monoisotopic (exact) mass is 500 g/mol. The van der Waals surface area contributed by atoms with Gasteiger partial charge in [-0.25, -0.2) is 0 Å². The van der Waals surface area contributed by atoms with Crippen molar-refractivity contribution in [2.45, 2.75) is 95.3 Å². The molecule has 0 atom stereocenters. The molecule has 2 aromatic rings. The number of ether oxygens (including phenoxy) is 1. The van der Waals surface area contributed by atoms with E-state index in [0.717, 1.165) is 18.9 Å². The topological polar surface area (TPSA) is 86.7 Å². The van der Waals surface area contributed by atoms with Crippen LogP contribution in [0.1, 0.15) is 89.5 Å². The molecular weight excluding hydrogens is 463 g/mol. The Labute approximate surface area is 242 Å². The van der Waals surface area contributed by atoms with Crippen LogP contribution in [0, 0.1) is 0 Å². The third kappa shape index (κ3) is 12.2. The van der Waals surface area contributed by atoms with Crippen molar-refractivity contribution in [1.29, 1.82) is 0 Å². The van der Waals surface area contributed by atoms with Gasteiger partial charge in [-0.3, -0.25) is 4.55 Å².